The highest BCUT2D eigenvalue weighted by molar-refractivity contribution is 7.29. The van der Waals surface area contributed by atoms with E-state index in [9.17, 15) is 4.79 Å². The minimum Gasteiger partial charge on any atom is -0.441 e. The van der Waals surface area contributed by atoms with Gasteiger partial charge in [-0.1, -0.05) is 18.3 Å². The van der Waals surface area contributed by atoms with Crippen LogP contribution in [0.25, 0.3) is 20.6 Å². The number of amides is 1. The van der Waals surface area contributed by atoms with Gasteiger partial charge >= 0.3 is 0 Å². The van der Waals surface area contributed by atoms with Crippen LogP contribution in [0.2, 0.25) is 0 Å². The minimum absolute atomic E-state index is 0.140. The number of aryl methyl sites for hydroxylation is 1. The fraction of sp³-hybridized carbons (Fsp3) is 0.350. The molecule has 1 aromatic carbocycles. The number of ether oxygens (including phenoxy) is 1. The minimum atomic E-state index is -0.140. The fourth-order valence-corrected chi connectivity index (χ4v) is 5.57. The van der Waals surface area contributed by atoms with E-state index in [1.165, 1.54) is 11.3 Å². The van der Waals surface area contributed by atoms with Crippen molar-refractivity contribution in [3.8, 4) is 0 Å². The Hall–Kier alpha value is -2.49. The average Bonchev–Trinajstić information content (AvgIpc) is 3.39. The van der Waals surface area contributed by atoms with Gasteiger partial charge in [-0.3, -0.25) is 4.79 Å². The lowest BCUT2D eigenvalue weighted by Gasteiger charge is -2.32. The summed E-state index contributed by atoms with van der Waals surface area (Å²) in [5, 5.41) is 3.95. The number of oxazole rings is 1. The van der Waals surface area contributed by atoms with Gasteiger partial charge in [-0.2, -0.15) is 0 Å². The van der Waals surface area contributed by atoms with Crippen molar-refractivity contribution in [2.45, 2.75) is 26.4 Å². The number of nitrogens with zero attached hydrogens (tertiary/aromatic N) is 3. The molecule has 4 aromatic rings. The molecule has 0 saturated carbocycles. The Morgan fingerprint density at radius 1 is 1.31 bits per heavy atom. The van der Waals surface area contributed by atoms with Crippen molar-refractivity contribution in [2.75, 3.05) is 29.9 Å². The molecule has 7 nitrogen and oxygen atoms in total. The number of morpholine rings is 1. The molecule has 1 aliphatic heterocycles. The van der Waals surface area contributed by atoms with Crippen LogP contribution in [-0.2, 0) is 4.74 Å². The van der Waals surface area contributed by atoms with Crippen LogP contribution in [-0.4, -0.2) is 41.7 Å². The number of hydrogen-bond donors (Lipinski definition) is 1. The number of rotatable bonds is 4. The smallest absolute Gasteiger partial charge is 0.265 e. The second-order valence-corrected chi connectivity index (χ2v) is 9.03. The van der Waals surface area contributed by atoms with Gasteiger partial charge in [-0.05, 0) is 30.7 Å². The van der Waals surface area contributed by atoms with Gasteiger partial charge in [-0.15, -0.1) is 11.3 Å². The number of benzene rings is 1. The molecule has 0 aliphatic carbocycles. The summed E-state index contributed by atoms with van der Waals surface area (Å²) in [4.78, 5) is 25.6. The van der Waals surface area contributed by atoms with E-state index in [1.807, 2.05) is 24.3 Å². The van der Waals surface area contributed by atoms with Gasteiger partial charge in [0.15, 0.2) is 16.6 Å². The molecule has 0 radical (unpaired) electrons. The van der Waals surface area contributed by atoms with Crippen molar-refractivity contribution in [1.82, 2.24) is 9.97 Å². The predicted molar refractivity (Wildman–Crippen MR) is 116 cm³/mol. The van der Waals surface area contributed by atoms with Crippen molar-refractivity contribution in [3.05, 3.63) is 35.0 Å². The average molecular weight is 429 g/mol. The van der Waals surface area contributed by atoms with Crippen LogP contribution < -0.4 is 10.2 Å². The highest BCUT2D eigenvalue weighted by atomic mass is 32.1. The normalized spacial score (nSPS) is 17.3. The fourth-order valence-electron chi connectivity index (χ4n) is 3.42. The van der Waals surface area contributed by atoms with Gasteiger partial charge < -0.3 is 19.4 Å². The Morgan fingerprint density at radius 3 is 3.03 bits per heavy atom. The van der Waals surface area contributed by atoms with Crippen LogP contribution in [0.3, 0.4) is 0 Å². The zero-order chi connectivity index (χ0) is 20.0. The molecule has 1 aliphatic rings. The lowest BCUT2D eigenvalue weighted by Crippen LogP contribution is -2.42. The third-order valence-electron chi connectivity index (χ3n) is 4.92. The molecular weight excluding hydrogens is 408 g/mol. The van der Waals surface area contributed by atoms with Crippen LogP contribution in [0.1, 0.15) is 28.9 Å². The van der Waals surface area contributed by atoms with Crippen molar-refractivity contribution in [1.29, 1.82) is 0 Å². The van der Waals surface area contributed by atoms with E-state index in [0.717, 1.165) is 46.3 Å². The van der Waals surface area contributed by atoms with E-state index >= 15 is 0 Å². The highest BCUT2D eigenvalue weighted by Crippen LogP contribution is 2.35. The molecule has 150 valence electrons. The molecule has 1 atom stereocenters. The summed E-state index contributed by atoms with van der Waals surface area (Å²) in [6.45, 7) is 6.40. The monoisotopic (exact) mass is 428 g/mol. The number of thiophene rings is 1. The zero-order valence-electron chi connectivity index (χ0n) is 16.1. The first kappa shape index (κ1) is 18.5. The number of nitrogens with one attached hydrogen (secondary N) is 1. The van der Waals surface area contributed by atoms with Crippen LogP contribution in [0.5, 0.6) is 0 Å². The van der Waals surface area contributed by atoms with Gasteiger partial charge in [-0.25, -0.2) is 9.97 Å². The number of carbonyl (C=O) groups is 1. The lowest BCUT2D eigenvalue weighted by atomic mass is 10.2. The molecule has 0 bridgehead atoms. The predicted octanol–water partition coefficient (Wildman–Crippen LogP) is 4.67. The van der Waals surface area contributed by atoms with Crippen LogP contribution >= 0.6 is 22.7 Å². The molecule has 1 saturated heterocycles. The molecule has 3 aromatic heterocycles. The molecule has 0 spiro atoms. The van der Waals surface area contributed by atoms with Crippen LogP contribution in [0.4, 0.5) is 10.8 Å². The summed E-state index contributed by atoms with van der Waals surface area (Å²) in [5.74, 6) is 0.466. The summed E-state index contributed by atoms with van der Waals surface area (Å²) in [7, 11) is 0. The molecule has 1 fully saturated rings. The second kappa shape index (κ2) is 7.40. The number of aromatic nitrogens is 2. The topological polar surface area (TPSA) is 80.5 Å². The summed E-state index contributed by atoms with van der Waals surface area (Å²) in [6, 6.07) is 7.38. The summed E-state index contributed by atoms with van der Waals surface area (Å²) in [5.41, 5.74) is 2.14. The maximum atomic E-state index is 12.7. The Bertz CT molecular complexity index is 1160. The maximum absolute atomic E-state index is 12.7. The molecule has 1 amide bonds. The van der Waals surface area contributed by atoms with Crippen LogP contribution in [0, 0.1) is 6.92 Å². The van der Waals surface area contributed by atoms with E-state index in [1.54, 1.807) is 18.3 Å². The van der Waals surface area contributed by atoms with Gasteiger partial charge in [0, 0.05) is 25.7 Å². The lowest BCUT2D eigenvalue weighted by molar-refractivity contribution is 0.0384. The SMILES string of the molecule is CCC1CN(c2nc3sc(C(=O)Nc4ccc5oc(C)nc5c4)cc3s2)CCO1. The molecule has 4 heterocycles. The van der Waals surface area contributed by atoms with Gasteiger partial charge in [0.1, 0.15) is 10.3 Å². The molecule has 29 heavy (non-hydrogen) atoms. The number of carbonyl (C=O) groups excluding carboxylic acids is 1. The molecular formula is C20H20N4O3S2. The van der Waals surface area contributed by atoms with Crippen molar-refractivity contribution in [2.24, 2.45) is 0 Å². The Balaban J connectivity index is 1.33. The Morgan fingerprint density at radius 2 is 2.21 bits per heavy atom. The summed E-state index contributed by atoms with van der Waals surface area (Å²) < 4.78 is 12.3. The largest absolute Gasteiger partial charge is 0.441 e. The maximum Gasteiger partial charge on any atom is 0.265 e. The van der Waals surface area contributed by atoms with Gasteiger partial charge in [0.25, 0.3) is 5.91 Å². The van der Waals surface area contributed by atoms with E-state index < -0.39 is 0 Å². The van der Waals surface area contributed by atoms with Crippen molar-refractivity contribution < 1.29 is 13.9 Å². The highest BCUT2D eigenvalue weighted by Gasteiger charge is 2.23. The number of hydrogen-bond acceptors (Lipinski definition) is 8. The quantitative estimate of drug-likeness (QED) is 0.509. The Labute approximate surface area is 175 Å². The number of fused-ring (bicyclic) bond motifs is 2. The zero-order valence-corrected chi connectivity index (χ0v) is 17.7. The Kier molecular flexibility index (Phi) is 4.73. The first-order chi connectivity index (χ1) is 14.1. The second-order valence-electron chi connectivity index (χ2n) is 6.99. The molecule has 5 rings (SSSR count). The summed E-state index contributed by atoms with van der Waals surface area (Å²) in [6.07, 6.45) is 1.26. The van der Waals surface area contributed by atoms with Gasteiger partial charge in [0.2, 0.25) is 0 Å². The van der Waals surface area contributed by atoms with E-state index in [4.69, 9.17) is 14.1 Å². The number of thiazole rings is 1. The van der Waals surface area contributed by atoms with Crippen molar-refractivity contribution >= 4 is 60.0 Å². The molecule has 1 N–H and O–H groups in total. The first-order valence-electron chi connectivity index (χ1n) is 9.54. The third kappa shape index (κ3) is 3.61. The van der Waals surface area contributed by atoms with E-state index in [-0.39, 0.29) is 12.0 Å². The first-order valence-corrected chi connectivity index (χ1v) is 11.2. The number of anilines is 2. The van der Waals surface area contributed by atoms with Crippen LogP contribution in [0.15, 0.2) is 28.7 Å². The van der Waals surface area contributed by atoms with Gasteiger partial charge in [0.05, 0.1) is 22.3 Å². The van der Waals surface area contributed by atoms with E-state index in [2.05, 4.69) is 22.1 Å². The van der Waals surface area contributed by atoms with Crippen molar-refractivity contribution in [3.63, 3.8) is 0 Å². The standard InChI is InChI=1S/C20H20N4O3S2/c1-3-13-10-24(6-7-26-13)20-23-19-17(29-20)9-16(28-19)18(25)22-12-4-5-15-14(8-12)21-11(2)27-15/h4-5,8-9,13H,3,6-7,10H2,1-2H3,(H,22,25). The molecule has 1 unspecified atom stereocenters. The molecule has 9 heteroatoms. The third-order valence-corrected chi connectivity index (χ3v) is 7.14. The summed E-state index contributed by atoms with van der Waals surface area (Å²) >= 11 is 3.05. The van der Waals surface area contributed by atoms with E-state index in [0.29, 0.717) is 22.0 Å².